The van der Waals surface area contributed by atoms with Gasteiger partial charge in [0, 0.05) is 19.1 Å². The van der Waals surface area contributed by atoms with Crippen LogP contribution in [0.5, 0.6) is 0 Å². The van der Waals surface area contributed by atoms with Crippen molar-refractivity contribution in [3.8, 4) is 0 Å². The minimum Gasteiger partial charge on any atom is -0.307 e. The summed E-state index contributed by atoms with van der Waals surface area (Å²) < 4.78 is 3.29. The van der Waals surface area contributed by atoms with Gasteiger partial charge in [-0.05, 0) is 65.8 Å². The first kappa shape index (κ1) is 15.5. The second-order valence-electron chi connectivity index (χ2n) is 7.89. The molecule has 2 aliphatic carbocycles. The molecule has 3 unspecified atom stereocenters. The lowest BCUT2D eigenvalue weighted by Gasteiger charge is -2.43. The standard InChI is InChI=1S/C17H28BrN3/c1-6-21-13(14(18)11(2)20-21)10-19-15-16(3,4)12-7-8-17(15,5)9-12/h12,15,19H,6-10H2,1-5H3. The maximum atomic E-state index is 4.61. The van der Waals surface area contributed by atoms with Gasteiger partial charge in [-0.15, -0.1) is 0 Å². The van der Waals surface area contributed by atoms with Crippen molar-refractivity contribution >= 4 is 15.9 Å². The number of nitrogens with one attached hydrogen (secondary N) is 1. The highest BCUT2D eigenvalue weighted by Crippen LogP contribution is 2.62. The summed E-state index contributed by atoms with van der Waals surface area (Å²) in [5.41, 5.74) is 3.27. The molecule has 3 nitrogen and oxygen atoms in total. The van der Waals surface area contributed by atoms with Gasteiger partial charge in [0.05, 0.1) is 15.9 Å². The Hall–Kier alpha value is -0.350. The van der Waals surface area contributed by atoms with Crippen molar-refractivity contribution in [1.82, 2.24) is 15.1 Å². The first-order valence-corrected chi connectivity index (χ1v) is 9.04. The molecule has 0 aromatic carbocycles. The molecule has 3 atom stereocenters. The fourth-order valence-corrected chi connectivity index (χ4v) is 5.47. The minimum absolute atomic E-state index is 0.408. The van der Waals surface area contributed by atoms with E-state index in [-0.39, 0.29) is 0 Å². The Kier molecular flexibility index (Phi) is 3.77. The Balaban J connectivity index is 1.79. The first-order valence-electron chi connectivity index (χ1n) is 8.24. The Morgan fingerprint density at radius 2 is 2.10 bits per heavy atom. The van der Waals surface area contributed by atoms with E-state index >= 15 is 0 Å². The summed E-state index contributed by atoms with van der Waals surface area (Å²) in [5, 5.41) is 8.50. The highest BCUT2D eigenvalue weighted by molar-refractivity contribution is 9.10. The van der Waals surface area contributed by atoms with E-state index in [1.165, 1.54) is 29.4 Å². The average Bonchev–Trinajstić information content (AvgIpc) is 2.99. The molecular formula is C17H28BrN3. The summed E-state index contributed by atoms with van der Waals surface area (Å²) in [6.45, 7) is 13.5. The third-order valence-electron chi connectivity index (χ3n) is 6.20. The van der Waals surface area contributed by atoms with Gasteiger partial charge in [0.25, 0.3) is 0 Å². The van der Waals surface area contributed by atoms with Gasteiger partial charge >= 0.3 is 0 Å². The summed E-state index contributed by atoms with van der Waals surface area (Å²) in [4.78, 5) is 0. The molecule has 4 heteroatoms. The molecular weight excluding hydrogens is 326 g/mol. The van der Waals surface area contributed by atoms with Crippen molar-refractivity contribution < 1.29 is 0 Å². The molecule has 1 aromatic heterocycles. The van der Waals surface area contributed by atoms with Gasteiger partial charge in [0.2, 0.25) is 0 Å². The summed E-state index contributed by atoms with van der Waals surface area (Å²) >= 11 is 3.71. The summed E-state index contributed by atoms with van der Waals surface area (Å²) in [6, 6.07) is 0.608. The molecule has 0 aliphatic heterocycles. The smallest absolute Gasteiger partial charge is 0.0739 e. The van der Waals surface area contributed by atoms with Crippen LogP contribution < -0.4 is 5.32 Å². The van der Waals surface area contributed by atoms with Gasteiger partial charge in [-0.3, -0.25) is 4.68 Å². The molecule has 1 heterocycles. The van der Waals surface area contributed by atoms with Crippen LogP contribution in [0.2, 0.25) is 0 Å². The maximum absolute atomic E-state index is 4.61. The van der Waals surface area contributed by atoms with Crippen LogP contribution >= 0.6 is 15.9 Å². The van der Waals surface area contributed by atoms with Crippen LogP contribution in [0.4, 0.5) is 0 Å². The van der Waals surface area contributed by atoms with Gasteiger partial charge in [-0.1, -0.05) is 20.8 Å². The van der Waals surface area contributed by atoms with E-state index in [1.807, 2.05) is 0 Å². The molecule has 1 N–H and O–H groups in total. The van der Waals surface area contributed by atoms with Crippen molar-refractivity contribution in [3.05, 3.63) is 15.9 Å². The molecule has 2 aliphatic rings. The second kappa shape index (κ2) is 5.09. The van der Waals surface area contributed by atoms with Gasteiger partial charge in [-0.2, -0.15) is 5.10 Å². The molecule has 2 bridgehead atoms. The zero-order valence-corrected chi connectivity index (χ0v) is 15.5. The van der Waals surface area contributed by atoms with Crippen molar-refractivity contribution in [2.45, 2.75) is 73.0 Å². The second-order valence-corrected chi connectivity index (χ2v) is 8.68. The zero-order valence-electron chi connectivity index (χ0n) is 14.0. The number of hydrogen-bond acceptors (Lipinski definition) is 2. The number of hydrogen-bond donors (Lipinski definition) is 1. The topological polar surface area (TPSA) is 29.9 Å². The van der Waals surface area contributed by atoms with E-state index in [0.29, 0.717) is 16.9 Å². The Bertz CT molecular complexity index is 544. The van der Waals surface area contributed by atoms with Crippen molar-refractivity contribution in [1.29, 1.82) is 0 Å². The third kappa shape index (κ3) is 2.29. The molecule has 2 fully saturated rings. The van der Waals surface area contributed by atoms with E-state index in [9.17, 15) is 0 Å². The van der Waals surface area contributed by atoms with E-state index in [0.717, 1.165) is 24.7 Å². The lowest BCUT2D eigenvalue weighted by molar-refractivity contribution is 0.107. The third-order valence-corrected chi connectivity index (χ3v) is 7.23. The molecule has 0 spiro atoms. The summed E-state index contributed by atoms with van der Waals surface area (Å²) in [6.07, 6.45) is 4.19. The molecule has 21 heavy (non-hydrogen) atoms. The van der Waals surface area contributed by atoms with Crippen molar-refractivity contribution in [2.75, 3.05) is 0 Å². The number of aryl methyl sites for hydroxylation is 2. The SMILES string of the molecule is CCn1nc(C)c(Br)c1CNC1C2(C)CCC(C2)C1(C)C. The number of aromatic nitrogens is 2. The molecule has 0 radical (unpaired) electrons. The van der Waals surface area contributed by atoms with Crippen LogP contribution in [0.15, 0.2) is 4.47 Å². The Morgan fingerprint density at radius 1 is 1.38 bits per heavy atom. The quantitative estimate of drug-likeness (QED) is 0.875. The van der Waals surface area contributed by atoms with Crippen LogP contribution in [0.1, 0.15) is 58.3 Å². The predicted molar refractivity (Wildman–Crippen MR) is 90.2 cm³/mol. The van der Waals surface area contributed by atoms with Gasteiger partial charge < -0.3 is 5.32 Å². The highest BCUT2D eigenvalue weighted by Gasteiger charge is 2.58. The Morgan fingerprint density at radius 3 is 2.67 bits per heavy atom. The van der Waals surface area contributed by atoms with Crippen molar-refractivity contribution in [3.63, 3.8) is 0 Å². The average molecular weight is 354 g/mol. The summed E-state index contributed by atoms with van der Waals surface area (Å²) in [5.74, 6) is 0.890. The molecule has 0 saturated heterocycles. The zero-order chi connectivity index (χ0) is 15.4. The van der Waals surface area contributed by atoms with Crippen LogP contribution in [-0.4, -0.2) is 15.8 Å². The first-order chi connectivity index (χ1) is 9.79. The maximum Gasteiger partial charge on any atom is 0.0739 e. The molecule has 1 aromatic rings. The van der Waals surface area contributed by atoms with Gasteiger partial charge in [-0.25, -0.2) is 0 Å². The molecule has 2 saturated carbocycles. The van der Waals surface area contributed by atoms with Crippen LogP contribution in [0.25, 0.3) is 0 Å². The highest BCUT2D eigenvalue weighted by atomic mass is 79.9. The number of rotatable bonds is 4. The fourth-order valence-electron chi connectivity index (χ4n) is 5.05. The largest absolute Gasteiger partial charge is 0.307 e. The minimum atomic E-state index is 0.408. The fraction of sp³-hybridized carbons (Fsp3) is 0.824. The predicted octanol–water partition coefficient (Wildman–Crippen LogP) is 4.28. The van der Waals surface area contributed by atoms with Crippen molar-refractivity contribution in [2.24, 2.45) is 16.7 Å². The van der Waals surface area contributed by atoms with Crippen LogP contribution in [0.3, 0.4) is 0 Å². The molecule has 3 rings (SSSR count). The molecule has 118 valence electrons. The number of fused-ring (bicyclic) bond motifs is 2. The summed E-state index contributed by atoms with van der Waals surface area (Å²) in [7, 11) is 0. The number of nitrogens with zero attached hydrogens (tertiary/aromatic N) is 2. The lowest BCUT2D eigenvalue weighted by Crippen LogP contribution is -2.50. The van der Waals surface area contributed by atoms with Gasteiger partial charge in [0.15, 0.2) is 0 Å². The number of halogens is 1. The monoisotopic (exact) mass is 353 g/mol. The van der Waals surface area contributed by atoms with E-state index in [4.69, 9.17) is 0 Å². The van der Waals surface area contributed by atoms with E-state index in [1.54, 1.807) is 0 Å². The van der Waals surface area contributed by atoms with Crippen LogP contribution in [-0.2, 0) is 13.1 Å². The molecule has 0 amide bonds. The normalized spacial score (nSPS) is 33.8. The van der Waals surface area contributed by atoms with Crippen LogP contribution in [0, 0.1) is 23.7 Å². The Labute approximate surface area is 137 Å². The van der Waals surface area contributed by atoms with E-state index in [2.05, 4.69) is 65.6 Å². The lowest BCUT2D eigenvalue weighted by atomic mass is 9.68. The van der Waals surface area contributed by atoms with E-state index < -0.39 is 0 Å². The van der Waals surface area contributed by atoms with Gasteiger partial charge in [0.1, 0.15) is 0 Å².